The number of hydrogen-bond acceptors (Lipinski definition) is 5. The Labute approximate surface area is 151 Å². The molecule has 0 aliphatic heterocycles. The second kappa shape index (κ2) is 8.75. The molecule has 0 bridgehead atoms. The number of carbonyl (C=O) groups excluding carboxylic acids is 1. The number of non-ortho nitro benzene ring substituents is 1. The van der Waals surface area contributed by atoms with Gasteiger partial charge in [0.25, 0.3) is 11.6 Å². The van der Waals surface area contributed by atoms with E-state index in [1.54, 1.807) is 12.1 Å². The molecule has 0 radical (unpaired) electrons. The third kappa shape index (κ3) is 5.41. The standard InChI is InChI=1S/C19H21N3O4/c1-13(2)17-8-7-14(3)9-18(17)26-12-19(23)21-20-11-15-5-4-6-16(10-15)22(24)25/h4-11,13H,12H2,1-3H3,(H,21,23)/b20-11+. The molecule has 1 N–H and O–H groups in total. The zero-order valence-electron chi connectivity index (χ0n) is 14.9. The van der Waals surface area contributed by atoms with Crippen molar-refractivity contribution in [3.63, 3.8) is 0 Å². The molecule has 0 spiro atoms. The molecule has 0 saturated carbocycles. The first kappa shape index (κ1) is 19.1. The smallest absolute Gasteiger partial charge is 0.277 e. The number of hydrogen-bond donors (Lipinski definition) is 1. The summed E-state index contributed by atoms with van der Waals surface area (Å²) in [7, 11) is 0. The number of nitro benzene ring substituents is 1. The number of nitrogens with zero attached hydrogens (tertiary/aromatic N) is 2. The van der Waals surface area contributed by atoms with Gasteiger partial charge in [-0.25, -0.2) is 5.43 Å². The molecule has 0 aliphatic carbocycles. The Kier molecular flexibility index (Phi) is 6.43. The zero-order valence-corrected chi connectivity index (χ0v) is 14.9. The summed E-state index contributed by atoms with van der Waals surface area (Å²) in [5, 5.41) is 14.5. The lowest BCUT2D eigenvalue weighted by atomic mass is 10.0. The summed E-state index contributed by atoms with van der Waals surface area (Å²) in [6, 6.07) is 11.9. The number of benzene rings is 2. The number of carbonyl (C=O) groups is 1. The van der Waals surface area contributed by atoms with E-state index in [1.165, 1.54) is 18.3 Å². The maximum absolute atomic E-state index is 11.9. The van der Waals surface area contributed by atoms with Crippen molar-refractivity contribution in [3.8, 4) is 5.75 Å². The van der Waals surface area contributed by atoms with Crippen molar-refractivity contribution in [2.24, 2.45) is 5.10 Å². The Morgan fingerprint density at radius 1 is 1.31 bits per heavy atom. The quantitative estimate of drug-likeness (QED) is 0.467. The van der Waals surface area contributed by atoms with Crippen LogP contribution in [0.3, 0.4) is 0 Å². The number of ether oxygens (including phenoxy) is 1. The minimum absolute atomic E-state index is 0.0377. The van der Waals surface area contributed by atoms with Crippen LogP contribution in [0, 0.1) is 17.0 Å². The van der Waals surface area contributed by atoms with Crippen LogP contribution in [0.4, 0.5) is 5.69 Å². The molecule has 2 aromatic rings. The van der Waals surface area contributed by atoms with Crippen molar-refractivity contribution >= 4 is 17.8 Å². The second-order valence-corrected chi connectivity index (χ2v) is 6.13. The van der Waals surface area contributed by atoms with Crippen LogP contribution in [0.5, 0.6) is 5.75 Å². The molecule has 0 aromatic heterocycles. The fourth-order valence-electron chi connectivity index (χ4n) is 2.32. The molecule has 1 amide bonds. The second-order valence-electron chi connectivity index (χ2n) is 6.13. The number of aryl methyl sites for hydroxylation is 1. The van der Waals surface area contributed by atoms with Crippen LogP contribution >= 0.6 is 0 Å². The summed E-state index contributed by atoms with van der Waals surface area (Å²) in [6.45, 7) is 5.90. The monoisotopic (exact) mass is 355 g/mol. The maximum atomic E-state index is 11.9. The van der Waals surface area contributed by atoms with Crippen molar-refractivity contribution in [1.82, 2.24) is 5.43 Å². The van der Waals surface area contributed by atoms with Crippen molar-refractivity contribution < 1.29 is 14.5 Å². The average molecular weight is 355 g/mol. The number of nitrogens with one attached hydrogen (secondary N) is 1. The van der Waals surface area contributed by atoms with Gasteiger partial charge in [0.1, 0.15) is 5.75 Å². The van der Waals surface area contributed by atoms with Crippen LogP contribution in [-0.4, -0.2) is 23.7 Å². The van der Waals surface area contributed by atoms with Crippen LogP contribution in [-0.2, 0) is 4.79 Å². The highest BCUT2D eigenvalue weighted by Crippen LogP contribution is 2.27. The molecule has 7 heteroatoms. The number of rotatable bonds is 7. The first-order valence-corrected chi connectivity index (χ1v) is 8.16. The Bertz CT molecular complexity index is 831. The lowest BCUT2D eigenvalue weighted by Gasteiger charge is -2.14. The van der Waals surface area contributed by atoms with Crippen molar-refractivity contribution in [3.05, 3.63) is 69.3 Å². The Morgan fingerprint density at radius 2 is 2.08 bits per heavy atom. The summed E-state index contributed by atoms with van der Waals surface area (Å²) in [6.07, 6.45) is 1.34. The summed E-state index contributed by atoms with van der Waals surface area (Å²) in [4.78, 5) is 22.1. The Morgan fingerprint density at radius 3 is 2.77 bits per heavy atom. The highest BCUT2D eigenvalue weighted by molar-refractivity contribution is 5.83. The number of amides is 1. The van der Waals surface area contributed by atoms with E-state index < -0.39 is 10.8 Å². The summed E-state index contributed by atoms with van der Waals surface area (Å²) in [5.74, 6) is 0.543. The van der Waals surface area contributed by atoms with Gasteiger partial charge in [-0.15, -0.1) is 0 Å². The van der Waals surface area contributed by atoms with Gasteiger partial charge in [0, 0.05) is 17.7 Å². The number of hydrazone groups is 1. The van der Waals surface area contributed by atoms with Crippen LogP contribution in [0.2, 0.25) is 0 Å². The predicted octanol–water partition coefficient (Wildman–Crippen LogP) is 3.56. The molecule has 0 heterocycles. The van der Waals surface area contributed by atoms with Crippen LogP contribution in [0.25, 0.3) is 0 Å². The van der Waals surface area contributed by atoms with E-state index in [0.717, 1.165) is 11.1 Å². The first-order valence-electron chi connectivity index (χ1n) is 8.16. The first-order chi connectivity index (χ1) is 12.4. The predicted molar refractivity (Wildman–Crippen MR) is 99.6 cm³/mol. The SMILES string of the molecule is Cc1ccc(C(C)C)c(OCC(=O)N/N=C/c2cccc([N+](=O)[O-])c2)c1. The summed E-state index contributed by atoms with van der Waals surface area (Å²) >= 11 is 0. The Hall–Kier alpha value is -3.22. The van der Waals surface area contributed by atoms with E-state index in [9.17, 15) is 14.9 Å². The summed E-state index contributed by atoms with van der Waals surface area (Å²) < 4.78 is 5.62. The van der Waals surface area contributed by atoms with Crippen LogP contribution < -0.4 is 10.2 Å². The minimum atomic E-state index is -0.488. The molecule has 26 heavy (non-hydrogen) atoms. The van der Waals surface area contributed by atoms with Gasteiger partial charge in [0.2, 0.25) is 0 Å². The molecule has 0 saturated heterocycles. The topological polar surface area (TPSA) is 93.8 Å². The summed E-state index contributed by atoms with van der Waals surface area (Å²) in [5.41, 5.74) is 4.91. The third-order valence-electron chi connectivity index (χ3n) is 3.63. The molecule has 0 atom stereocenters. The van der Waals surface area contributed by atoms with E-state index in [4.69, 9.17) is 4.74 Å². The molecule has 2 aromatic carbocycles. The average Bonchev–Trinajstić information content (AvgIpc) is 2.60. The van der Waals surface area contributed by atoms with Crippen LogP contribution in [0.15, 0.2) is 47.6 Å². The van der Waals surface area contributed by atoms with Gasteiger partial charge in [-0.05, 0) is 30.0 Å². The highest BCUT2D eigenvalue weighted by Gasteiger charge is 2.10. The lowest BCUT2D eigenvalue weighted by Crippen LogP contribution is -2.25. The normalized spacial score (nSPS) is 10.9. The molecule has 0 unspecified atom stereocenters. The van der Waals surface area contributed by atoms with Gasteiger partial charge in [-0.3, -0.25) is 14.9 Å². The molecule has 0 fully saturated rings. The van der Waals surface area contributed by atoms with Gasteiger partial charge in [0.05, 0.1) is 11.1 Å². The van der Waals surface area contributed by atoms with Crippen molar-refractivity contribution in [2.45, 2.75) is 26.7 Å². The van der Waals surface area contributed by atoms with E-state index in [2.05, 4.69) is 24.4 Å². The largest absolute Gasteiger partial charge is 0.483 e. The molecule has 136 valence electrons. The molecular weight excluding hydrogens is 334 g/mol. The van der Waals surface area contributed by atoms with Crippen molar-refractivity contribution in [2.75, 3.05) is 6.61 Å². The molecular formula is C19H21N3O4. The van der Waals surface area contributed by atoms with E-state index in [1.807, 2.05) is 25.1 Å². The van der Waals surface area contributed by atoms with E-state index in [0.29, 0.717) is 11.3 Å². The third-order valence-corrected chi connectivity index (χ3v) is 3.63. The van der Waals surface area contributed by atoms with Gasteiger partial charge in [-0.1, -0.05) is 38.1 Å². The maximum Gasteiger partial charge on any atom is 0.277 e. The van der Waals surface area contributed by atoms with Crippen molar-refractivity contribution in [1.29, 1.82) is 0 Å². The highest BCUT2D eigenvalue weighted by atomic mass is 16.6. The van der Waals surface area contributed by atoms with Gasteiger partial charge in [0.15, 0.2) is 6.61 Å². The van der Waals surface area contributed by atoms with Crippen LogP contribution in [0.1, 0.15) is 36.5 Å². The molecule has 2 rings (SSSR count). The van der Waals surface area contributed by atoms with E-state index in [-0.39, 0.29) is 18.2 Å². The fourth-order valence-corrected chi connectivity index (χ4v) is 2.32. The lowest BCUT2D eigenvalue weighted by molar-refractivity contribution is -0.384. The van der Waals surface area contributed by atoms with Gasteiger partial charge in [-0.2, -0.15) is 5.10 Å². The van der Waals surface area contributed by atoms with Gasteiger partial charge >= 0.3 is 0 Å². The minimum Gasteiger partial charge on any atom is -0.483 e. The molecule has 7 nitrogen and oxygen atoms in total. The van der Waals surface area contributed by atoms with E-state index >= 15 is 0 Å². The zero-order chi connectivity index (χ0) is 19.1. The molecule has 0 aliphatic rings. The Balaban J connectivity index is 1.93. The number of nitro groups is 1. The van der Waals surface area contributed by atoms with Gasteiger partial charge < -0.3 is 4.74 Å². The fraction of sp³-hybridized carbons (Fsp3) is 0.263.